The highest BCUT2D eigenvalue weighted by molar-refractivity contribution is 5.84. The lowest BCUT2D eigenvalue weighted by Gasteiger charge is -2.56. The summed E-state index contributed by atoms with van der Waals surface area (Å²) < 4.78 is 23.8. The van der Waals surface area contributed by atoms with Gasteiger partial charge in [0.2, 0.25) is 11.6 Å². The minimum atomic E-state index is -1.02. The Morgan fingerprint density at radius 3 is 2.41 bits per heavy atom. The van der Waals surface area contributed by atoms with Crippen LogP contribution < -0.4 is 0 Å². The molecule has 3 aliphatic carbocycles. The van der Waals surface area contributed by atoms with Gasteiger partial charge >= 0.3 is 0 Å². The van der Waals surface area contributed by atoms with Crippen LogP contribution >= 0.6 is 0 Å². The van der Waals surface area contributed by atoms with Crippen LogP contribution in [-0.4, -0.2) is 43.8 Å². The minimum absolute atomic E-state index is 0.0906. The summed E-state index contributed by atoms with van der Waals surface area (Å²) in [7, 11) is 3.18. The van der Waals surface area contributed by atoms with Crippen molar-refractivity contribution < 1.29 is 23.7 Å². The van der Waals surface area contributed by atoms with E-state index in [2.05, 4.69) is 12.2 Å². The van der Waals surface area contributed by atoms with E-state index in [0.717, 1.165) is 6.42 Å². The van der Waals surface area contributed by atoms with Gasteiger partial charge in [-0.2, -0.15) is 0 Å². The van der Waals surface area contributed by atoms with Gasteiger partial charge in [-0.1, -0.05) is 12.2 Å². The van der Waals surface area contributed by atoms with Crippen LogP contribution in [0.25, 0.3) is 0 Å². The molecule has 1 heterocycles. The predicted octanol–water partition coefficient (Wildman–Crippen LogP) is 1.91. The second-order valence-corrected chi connectivity index (χ2v) is 7.26. The number of allylic oxidation sites excluding steroid dienone is 2. The number of carbonyl (C=O) groups excluding carboxylic acids is 1. The van der Waals surface area contributed by atoms with Crippen molar-refractivity contribution in [1.82, 2.24) is 0 Å². The van der Waals surface area contributed by atoms with Gasteiger partial charge in [0.05, 0.1) is 12.2 Å². The highest BCUT2D eigenvalue weighted by Crippen LogP contribution is 2.56. The Kier molecular flexibility index (Phi) is 3.12. The number of carbonyl (C=O) groups is 1. The highest BCUT2D eigenvalue weighted by atomic mass is 16.8. The highest BCUT2D eigenvalue weighted by Gasteiger charge is 2.64. The van der Waals surface area contributed by atoms with E-state index in [1.807, 2.05) is 13.8 Å². The predicted molar refractivity (Wildman–Crippen MR) is 77.9 cm³/mol. The molecular weight excluding hydrogens is 284 g/mol. The summed E-state index contributed by atoms with van der Waals surface area (Å²) in [4.78, 5) is 12.6. The Balaban J connectivity index is 1.70. The van der Waals surface area contributed by atoms with E-state index in [1.165, 1.54) is 0 Å². The number of ether oxygens (including phenoxy) is 4. The van der Waals surface area contributed by atoms with Gasteiger partial charge in [-0.05, 0) is 32.1 Å². The summed E-state index contributed by atoms with van der Waals surface area (Å²) in [5.74, 6) is -0.598. The van der Waals surface area contributed by atoms with Crippen LogP contribution in [0.2, 0.25) is 0 Å². The number of hydrogen-bond acceptors (Lipinski definition) is 5. The number of ketones is 1. The second kappa shape index (κ2) is 4.63. The molecule has 22 heavy (non-hydrogen) atoms. The normalized spacial score (nSPS) is 56.1. The third-order valence-corrected chi connectivity index (χ3v) is 6.38. The van der Waals surface area contributed by atoms with Crippen LogP contribution in [0.4, 0.5) is 0 Å². The Bertz CT molecular complexity index is 531. The Morgan fingerprint density at radius 2 is 1.73 bits per heavy atom. The largest absolute Gasteiger partial charge is 0.349 e. The maximum absolute atomic E-state index is 12.6. The van der Waals surface area contributed by atoms with Crippen molar-refractivity contribution >= 4 is 5.78 Å². The monoisotopic (exact) mass is 308 g/mol. The van der Waals surface area contributed by atoms with Gasteiger partial charge < -0.3 is 18.9 Å². The standard InChI is InChI=1S/C17H24O5/c1-16(19-3)17(2,20-4)22-15-12(21-16)8-11(18)13-9-5-6-10(7-9)14(13)15/h5-6,9-10,12-15H,7-8H2,1-4H3/t9-,10+,12+,13+,14+,15-,16-,17-/m0/s1. The number of rotatable bonds is 2. The molecule has 0 aromatic carbocycles. The van der Waals surface area contributed by atoms with Gasteiger partial charge in [-0.3, -0.25) is 4.79 Å². The van der Waals surface area contributed by atoms with E-state index in [-0.39, 0.29) is 24.0 Å². The van der Waals surface area contributed by atoms with E-state index < -0.39 is 11.6 Å². The fraction of sp³-hybridized carbons (Fsp3) is 0.824. The summed E-state index contributed by atoms with van der Waals surface area (Å²) in [6.45, 7) is 3.66. The lowest BCUT2D eigenvalue weighted by atomic mass is 9.69. The average molecular weight is 308 g/mol. The van der Waals surface area contributed by atoms with Gasteiger partial charge in [-0.15, -0.1) is 0 Å². The zero-order valence-corrected chi connectivity index (χ0v) is 13.6. The molecule has 4 rings (SSSR count). The third kappa shape index (κ3) is 1.71. The van der Waals surface area contributed by atoms with E-state index in [0.29, 0.717) is 24.0 Å². The maximum Gasteiger partial charge on any atom is 0.220 e. The van der Waals surface area contributed by atoms with Crippen LogP contribution in [0.5, 0.6) is 0 Å². The first-order chi connectivity index (χ1) is 10.4. The minimum Gasteiger partial charge on any atom is -0.349 e. The fourth-order valence-corrected chi connectivity index (χ4v) is 4.95. The fourth-order valence-electron chi connectivity index (χ4n) is 4.95. The first kappa shape index (κ1) is 14.8. The van der Waals surface area contributed by atoms with Crippen LogP contribution in [0, 0.1) is 23.7 Å². The second-order valence-electron chi connectivity index (χ2n) is 7.26. The molecule has 4 aliphatic rings. The molecular formula is C17H24O5. The number of fused-ring (bicyclic) bond motifs is 7. The number of methoxy groups -OCH3 is 2. The Labute approximate surface area is 130 Å². The summed E-state index contributed by atoms with van der Waals surface area (Å²) in [6, 6.07) is 0. The van der Waals surface area contributed by atoms with E-state index >= 15 is 0 Å². The third-order valence-electron chi connectivity index (χ3n) is 6.38. The molecule has 0 unspecified atom stereocenters. The molecule has 2 bridgehead atoms. The smallest absolute Gasteiger partial charge is 0.220 e. The quantitative estimate of drug-likeness (QED) is 0.729. The van der Waals surface area contributed by atoms with Gasteiger partial charge in [0.1, 0.15) is 5.78 Å². The summed E-state index contributed by atoms with van der Waals surface area (Å²) in [5.41, 5.74) is 0. The van der Waals surface area contributed by atoms with Crippen molar-refractivity contribution in [3.8, 4) is 0 Å². The molecule has 0 N–H and O–H groups in total. The van der Waals surface area contributed by atoms with E-state index in [1.54, 1.807) is 14.2 Å². The number of hydrogen-bond donors (Lipinski definition) is 0. The van der Waals surface area contributed by atoms with Gasteiger partial charge in [0, 0.05) is 32.5 Å². The molecule has 0 aromatic heterocycles. The van der Waals surface area contributed by atoms with Gasteiger partial charge in [-0.25, -0.2) is 0 Å². The van der Waals surface area contributed by atoms with Crippen LogP contribution in [-0.2, 0) is 23.7 Å². The SMILES string of the molecule is CO[C@@]1(C)O[C@@H]2[C@H]3[C@@H](C(=O)C[C@H]2O[C@]1(C)OC)[C@H]1C=C[C@@H]3C1. The van der Waals surface area contributed by atoms with Gasteiger partial charge in [0.25, 0.3) is 0 Å². The van der Waals surface area contributed by atoms with Crippen molar-refractivity contribution in [2.75, 3.05) is 14.2 Å². The molecule has 0 amide bonds. The molecule has 0 aromatic rings. The lowest BCUT2D eigenvalue weighted by Crippen LogP contribution is -2.68. The van der Waals surface area contributed by atoms with Crippen molar-refractivity contribution in [3.05, 3.63) is 12.2 Å². The molecule has 2 saturated carbocycles. The van der Waals surface area contributed by atoms with Crippen LogP contribution in [0.3, 0.4) is 0 Å². The molecule has 1 aliphatic heterocycles. The molecule has 8 atom stereocenters. The summed E-state index contributed by atoms with van der Waals surface area (Å²) in [5, 5.41) is 0. The summed E-state index contributed by atoms with van der Waals surface area (Å²) in [6.07, 6.45) is 5.56. The molecule has 0 radical (unpaired) electrons. The van der Waals surface area contributed by atoms with E-state index in [9.17, 15) is 4.79 Å². The zero-order valence-electron chi connectivity index (χ0n) is 13.6. The molecule has 0 spiro atoms. The van der Waals surface area contributed by atoms with Crippen molar-refractivity contribution in [2.45, 2.75) is 50.5 Å². The topological polar surface area (TPSA) is 54.0 Å². The number of Topliss-reactive ketones (excluding diaryl/α,β-unsaturated/α-hetero) is 1. The average Bonchev–Trinajstić information content (AvgIpc) is 3.11. The maximum atomic E-state index is 12.6. The van der Waals surface area contributed by atoms with Crippen molar-refractivity contribution in [2.24, 2.45) is 23.7 Å². The Morgan fingerprint density at radius 1 is 1.09 bits per heavy atom. The first-order valence-corrected chi connectivity index (χ1v) is 8.09. The van der Waals surface area contributed by atoms with Gasteiger partial charge in [0.15, 0.2) is 0 Å². The van der Waals surface area contributed by atoms with Crippen LogP contribution in [0.15, 0.2) is 12.2 Å². The summed E-state index contributed by atoms with van der Waals surface area (Å²) >= 11 is 0. The van der Waals surface area contributed by atoms with Crippen molar-refractivity contribution in [3.63, 3.8) is 0 Å². The molecule has 5 heteroatoms. The molecule has 1 saturated heterocycles. The molecule has 122 valence electrons. The molecule has 5 nitrogen and oxygen atoms in total. The molecule has 3 fully saturated rings. The Hall–Kier alpha value is -0.750. The van der Waals surface area contributed by atoms with Crippen molar-refractivity contribution in [1.29, 1.82) is 0 Å². The zero-order chi connectivity index (χ0) is 15.7. The van der Waals surface area contributed by atoms with E-state index in [4.69, 9.17) is 18.9 Å². The first-order valence-electron chi connectivity index (χ1n) is 8.09. The lowest BCUT2D eigenvalue weighted by molar-refractivity contribution is -0.455. The van der Waals surface area contributed by atoms with Crippen LogP contribution in [0.1, 0.15) is 26.7 Å².